The van der Waals surface area contributed by atoms with E-state index in [2.05, 4.69) is 30.8 Å². The first-order valence-electron chi connectivity index (χ1n) is 7.14. The molecule has 0 fully saturated rings. The van der Waals surface area contributed by atoms with Gasteiger partial charge in [-0.15, -0.1) is 0 Å². The van der Waals surface area contributed by atoms with E-state index in [1.165, 1.54) is 5.39 Å². The van der Waals surface area contributed by atoms with Crippen LogP contribution in [0, 0.1) is 0 Å². The second kappa shape index (κ2) is 5.90. The molecular weight excluding hydrogens is 276 g/mol. The van der Waals surface area contributed by atoms with E-state index < -0.39 is 5.97 Å². The van der Waals surface area contributed by atoms with Crippen molar-refractivity contribution in [1.82, 2.24) is 0 Å². The van der Waals surface area contributed by atoms with E-state index in [9.17, 15) is 4.79 Å². The second-order valence-electron chi connectivity index (χ2n) is 4.95. The average Bonchev–Trinajstić information content (AvgIpc) is 2.53. The number of hydrogen-bond acceptors (Lipinski definition) is 3. The lowest BCUT2D eigenvalue weighted by molar-refractivity contribution is -0.140. The Bertz CT molecular complexity index is 865. The molecule has 0 saturated carbocycles. The number of hydrogen-bond donors (Lipinski definition) is 0. The molecule has 0 heterocycles. The Kier molecular flexibility index (Phi) is 3.79. The van der Waals surface area contributed by atoms with Crippen molar-refractivity contribution in [3.8, 4) is 5.75 Å². The molecule has 22 heavy (non-hydrogen) atoms. The van der Waals surface area contributed by atoms with Gasteiger partial charge in [0.2, 0.25) is 5.76 Å². The highest BCUT2D eigenvalue weighted by Crippen LogP contribution is 2.27. The van der Waals surface area contributed by atoms with Gasteiger partial charge in [-0.1, -0.05) is 30.3 Å². The van der Waals surface area contributed by atoms with Gasteiger partial charge in [-0.2, -0.15) is 0 Å². The van der Waals surface area contributed by atoms with Gasteiger partial charge in [-0.25, -0.2) is 4.79 Å². The Labute approximate surface area is 128 Å². The molecule has 0 aliphatic heterocycles. The number of carbonyl (C=O) groups excluding carboxylic acids is 1. The fraction of sp³-hybridized carbons (Fsp3) is 0.105. The molecule has 3 aromatic carbocycles. The molecule has 0 N–H and O–H groups in total. The van der Waals surface area contributed by atoms with Crippen LogP contribution in [-0.4, -0.2) is 12.6 Å². The monoisotopic (exact) mass is 292 g/mol. The number of rotatable bonds is 4. The lowest BCUT2D eigenvalue weighted by Crippen LogP contribution is -2.11. The van der Waals surface area contributed by atoms with E-state index in [1.54, 1.807) is 6.92 Å². The van der Waals surface area contributed by atoms with Crippen molar-refractivity contribution in [3.05, 3.63) is 66.9 Å². The lowest BCUT2D eigenvalue weighted by atomic mass is 10.0. The smallest absolute Gasteiger partial charge is 0.373 e. The highest BCUT2D eigenvalue weighted by atomic mass is 16.6. The summed E-state index contributed by atoms with van der Waals surface area (Å²) in [6.45, 7) is 5.64. The van der Waals surface area contributed by atoms with E-state index in [1.807, 2.05) is 30.3 Å². The molecule has 0 spiro atoms. The average molecular weight is 292 g/mol. The number of benzene rings is 3. The Morgan fingerprint density at radius 3 is 2.27 bits per heavy atom. The van der Waals surface area contributed by atoms with Crippen LogP contribution < -0.4 is 4.74 Å². The van der Waals surface area contributed by atoms with Crippen molar-refractivity contribution in [3.63, 3.8) is 0 Å². The molecule has 0 saturated heterocycles. The van der Waals surface area contributed by atoms with Gasteiger partial charge in [0.15, 0.2) is 0 Å². The third kappa shape index (κ3) is 2.79. The van der Waals surface area contributed by atoms with E-state index in [0.29, 0.717) is 12.4 Å². The molecule has 0 aromatic heterocycles. The highest BCUT2D eigenvalue weighted by molar-refractivity contribution is 5.98. The van der Waals surface area contributed by atoms with Gasteiger partial charge in [0.25, 0.3) is 0 Å². The second-order valence-corrected chi connectivity index (χ2v) is 4.95. The Morgan fingerprint density at radius 1 is 0.955 bits per heavy atom. The fourth-order valence-electron chi connectivity index (χ4n) is 2.38. The first-order chi connectivity index (χ1) is 10.7. The number of esters is 1. The Morgan fingerprint density at radius 2 is 1.59 bits per heavy atom. The van der Waals surface area contributed by atoms with Gasteiger partial charge >= 0.3 is 5.97 Å². The van der Waals surface area contributed by atoms with Crippen LogP contribution in [0.2, 0.25) is 0 Å². The quantitative estimate of drug-likeness (QED) is 0.308. The van der Waals surface area contributed by atoms with Crippen molar-refractivity contribution in [1.29, 1.82) is 0 Å². The standard InChI is InChI=1S/C19H16O3/c1-3-21-19(20)13(2)22-18-9-8-16-10-14-6-4-5-7-15(14)11-17(16)12-18/h4-12H,2-3H2,1H3. The molecule has 3 nitrogen and oxygen atoms in total. The maximum Gasteiger partial charge on any atom is 0.373 e. The molecule has 0 atom stereocenters. The predicted octanol–water partition coefficient (Wildman–Crippen LogP) is 4.45. The molecule has 0 radical (unpaired) electrons. The van der Waals surface area contributed by atoms with Crippen molar-refractivity contribution in [2.75, 3.05) is 6.61 Å². The number of ether oxygens (including phenoxy) is 2. The SMILES string of the molecule is C=C(Oc1ccc2cc3ccccc3cc2c1)C(=O)OCC. The third-order valence-electron chi connectivity index (χ3n) is 3.42. The van der Waals surface area contributed by atoms with Crippen LogP contribution in [0.1, 0.15) is 6.92 Å². The molecule has 3 rings (SSSR count). The molecule has 0 bridgehead atoms. The maximum absolute atomic E-state index is 11.5. The zero-order valence-corrected chi connectivity index (χ0v) is 12.3. The van der Waals surface area contributed by atoms with Gasteiger partial charge in [0.05, 0.1) is 6.61 Å². The van der Waals surface area contributed by atoms with Crippen molar-refractivity contribution in [2.45, 2.75) is 6.92 Å². The summed E-state index contributed by atoms with van der Waals surface area (Å²) < 4.78 is 10.3. The summed E-state index contributed by atoms with van der Waals surface area (Å²) in [6.07, 6.45) is 0. The summed E-state index contributed by atoms with van der Waals surface area (Å²) in [5.41, 5.74) is 0. The van der Waals surface area contributed by atoms with Crippen LogP contribution >= 0.6 is 0 Å². The molecule has 0 amide bonds. The molecule has 0 unspecified atom stereocenters. The van der Waals surface area contributed by atoms with Crippen molar-refractivity contribution < 1.29 is 14.3 Å². The first-order valence-corrected chi connectivity index (χ1v) is 7.14. The lowest BCUT2D eigenvalue weighted by Gasteiger charge is -2.09. The normalized spacial score (nSPS) is 10.6. The highest BCUT2D eigenvalue weighted by Gasteiger charge is 2.10. The van der Waals surface area contributed by atoms with Gasteiger partial charge in [0, 0.05) is 0 Å². The summed E-state index contributed by atoms with van der Waals surface area (Å²) in [4.78, 5) is 11.5. The van der Waals surface area contributed by atoms with Gasteiger partial charge in [0.1, 0.15) is 5.75 Å². The molecule has 0 aliphatic carbocycles. The van der Waals surface area contributed by atoms with Gasteiger partial charge in [-0.3, -0.25) is 0 Å². The molecule has 110 valence electrons. The van der Waals surface area contributed by atoms with Crippen molar-refractivity contribution in [2.24, 2.45) is 0 Å². The minimum atomic E-state index is -0.541. The topological polar surface area (TPSA) is 35.5 Å². The van der Waals surface area contributed by atoms with Gasteiger partial charge in [-0.05, 0) is 59.3 Å². The summed E-state index contributed by atoms with van der Waals surface area (Å²) in [5, 5.41) is 4.52. The Hall–Kier alpha value is -2.81. The third-order valence-corrected chi connectivity index (χ3v) is 3.42. The Balaban J connectivity index is 1.93. The maximum atomic E-state index is 11.5. The predicted molar refractivity (Wildman–Crippen MR) is 87.9 cm³/mol. The van der Waals surface area contributed by atoms with E-state index in [0.717, 1.165) is 16.2 Å². The zero-order chi connectivity index (χ0) is 15.5. The van der Waals surface area contributed by atoms with Crippen LogP contribution in [0.25, 0.3) is 21.5 Å². The van der Waals surface area contributed by atoms with Crippen LogP contribution in [-0.2, 0) is 9.53 Å². The molecule has 3 heteroatoms. The number of fused-ring (bicyclic) bond motifs is 2. The van der Waals surface area contributed by atoms with Crippen LogP contribution in [0.5, 0.6) is 5.75 Å². The van der Waals surface area contributed by atoms with Gasteiger partial charge < -0.3 is 9.47 Å². The van der Waals surface area contributed by atoms with E-state index in [-0.39, 0.29) is 5.76 Å². The zero-order valence-electron chi connectivity index (χ0n) is 12.3. The minimum Gasteiger partial charge on any atom is -0.460 e. The van der Waals surface area contributed by atoms with E-state index >= 15 is 0 Å². The largest absolute Gasteiger partial charge is 0.460 e. The van der Waals surface area contributed by atoms with Crippen LogP contribution in [0.3, 0.4) is 0 Å². The minimum absolute atomic E-state index is 0.0120. The summed E-state index contributed by atoms with van der Waals surface area (Å²) in [6, 6.07) is 18.1. The molecule has 3 aromatic rings. The summed E-state index contributed by atoms with van der Waals surface area (Å²) in [7, 11) is 0. The van der Waals surface area contributed by atoms with Crippen molar-refractivity contribution >= 4 is 27.5 Å². The number of carbonyl (C=O) groups is 1. The summed E-state index contributed by atoms with van der Waals surface area (Å²) >= 11 is 0. The molecule has 0 aliphatic rings. The summed E-state index contributed by atoms with van der Waals surface area (Å²) in [5.74, 6) is 0.0175. The van der Waals surface area contributed by atoms with Crippen LogP contribution in [0.4, 0.5) is 0 Å². The van der Waals surface area contributed by atoms with Crippen LogP contribution in [0.15, 0.2) is 66.9 Å². The fourth-order valence-corrected chi connectivity index (χ4v) is 2.38. The van der Waals surface area contributed by atoms with E-state index in [4.69, 9.17) is 9.47 Å². The first kappa shape index (κ1) is 14.1. The molecular formula is C19H16O3.